The zero-order chi connectivity index (χ0) is 20.6. The Labute approximate surface area is 177 Å². The van der Waals surface area contributed by atoms with Gasteiger partial charge in [0.2, 0.25) is 11.7 Å². The molecule has 1 amide bonds. The van der Waals surface area contributed by atoms with Crippen molar-refractivity contribution in [3.8, 4) is 11.4 Å². The van der Waals surface area contributed by atoms with Crippen molar-refractivity contribution < 1.29 is 4.79 Å². The molecule has 0 bridgehead atoms. The number of aryl methyl sites for hydroxylation is 1. The molecule has 0 saturated carbocycles. The Morgan fingerprint density at radius 1 is 0.967 bits per heavy atom. The lowest BCUT2D eigenvalue weighted by Crippen LogP contribution is -2.13. The van der Waals surface area contributed by atoms with Crippen molar-refractivity contribution in [2.24, 2.45) is 0 Å². The molecule has 0 saturated heterocycles. The van der Waals surface area contributed by atoms with Gasteiger partial charge in [0.15, 0.2) is 0 Å². The third-order valence-electron chi connectivity index (χ3n) is 4.11. The number of aromatic nitrogens is 6. The van der Waals surface area contributed by atoms with E-state index in [1.165, 1.54) is 16.6 Å². The Morgan fingerprint density at radius 2 is 1.80 bits per heavy atom. The Hall–Kier alpha value is -3.59. The number of carbonyl (C=O) groups is 1. The maximum atomic E-state index is 12.3. The minimum atomic E-state index is -0.0709. The SMILES string of the molecule is O=C(CCCn1nnc(-c2ccccc2)n1)Nc1ccnc(Sc2ccccn2)c1. The molecule has 0 aliphatic rings. The zero-order valence-electron chi connectivity index (χ0n) is 16.0. The van der Waals surface area contributed by atoms with Crippen molar-refractivity contribution in [3.05, 3.63) is 73.1 Å². The summed E-state index contributed by atoms with van der Waals surface area (Å²) in [5, 5.41) is 17.0. The van der Waals surface area contributed by atoms with E-state index in [0.29, 0.717) is 30.9 Å². The van der Waals surface area contributed by atoms with E-state index in [9.17, 15) is 4.79 Å². The monoisotopic (exact) mass is 417 g/mol. The summed E-state index contributed by atoms with van der Waals surface area (Å²) in [6, 6.07) is 19.0. The van der Waals surface area contributed by atoms with E-state index in [2.05, 4.69) is 30.7 Å². The van der Waals surface area contributed by atoms with Gasteiger partial charge < -0.3 is 5.32 Å². The maximum absolute atomic E-state index is 12.3. The van der Waals surface area contributed by atoms with Gasteiger partial charge in [-0.05, 0) is 35.9 Å². The number of anilines is 1. The zero-order valence-corrected chi connectivity index (χ0v) is 16.9. The van der Waals surface area contributed by atoms with Crippen LogP contribution in [0.5, 0.6) is 0 Å². The highest BCUT2D eigenvalue weighted by molar-refractivity contribution is 7.99. The fraction of sp³-hybridized carbons (Fsp3) is 0.143. The number of carbonyl (C=O) groups excluding carboxylic acids is 1. The predicted octanol–water partition coefficient (Wildman–Crippen LogP) is 3.70. The lowest BCUT2D eigenvalue weighted by Gasteiger charge is -2.06. The van der Waals surface area contributed by atoms with E-state index in [4.69, 9.17) is 0 Å². The Bertz CT molecular complexity index is 1100. The average molecular weight is 417 g/mol. The van der Waals surface area contributed by atoms with E-state index in [-0.39, 0.29) is 5.91 Å². The number of rotatable bonds is 8. The topological polar surface area (TPSA) is 98.5 Å². The fourth-order valence-corrected chi connectivity index (χ4v) is 3.48. The molecule has 0 atom stereocenters. The quantitative estimate of drug-likeness (QED) is 0.467. The number of amides is 1. The molecule has 9 heteroatoms. The second-order valence-corrected chi connectivity index (χ2v) is 7.42. The van der Waals surface area contributed by atoms with Crippen LogP contribution in [-0.4, -0.2) is 36.1 Å². The van der Waals surface area contributed by atoms with Gasteiger partial charge in [-0.3, -0.25) is 4.79 Å². The van der Waals surface area contributed by atoms with Gasteiger partial charge in [0.1, 0.15) is 10.1 Å². The highest BCUT2D eigenvalue weighted by Crippen LogP contribution is 2.25. The number of benzene rings is 1. The number of tetrazole rings is 1. The summed E-state index contributed by atoms with van der Waals surface area (Å²) in [6.07, 6.45) is 4.37. The Morgan fingerprint density at radius 3 is 2.63 bits per heavy atom. The van der Waals surface area contributed by atoms with Crippen molar-refractivity contribution >= 4 is 23.4 Å². The third-order valence-corrected chi connectivity index (χ3v) is 5.00. The van der Waals surface area contributed by atoms with E-state index in [0.717, 1.165) is 15.6 Å². The molecule has 30 heavy (non-hydrogen) atoms. The van der Waals surface area contributed by atoms with Crippen molar-refractivity contribution in [2.75, 3.05) is 5.32 Å². The highest BCUT2D eigenvalue weighted by Gasteiger charge is 2.08. The molecular formula is C21H19N7OS. The van der Waals surface area contributed by atoms with E-state index >= 15 is 0 Å². The van der Waals surface area contributed by atoms with Crippen molar-refractivity contribution in [1.82, 2.24) is 30.2 Å². The first kappa shape index (κ1) is 19.7. The normalized spacial score (nSPS) is 10.7. The van der Waals surface area contributed by atoms with E-state index < -0.39 is 0 Å². The van der Waals surface area contributed by atoms with Crippen molar-refractivity contribution in [2.45, 2.75) is 29.4 Å². The van der Waals surface area contributed by atoms with Gasteiger partial charge >= 0.3 is 0 Å². The molecule has 3 aromatic heterocycles. The molecule has 0 aliphatic carbocycles. The highest BCUT2D eigenvalue weighted by atomic mass is 32.2. The molecule has 150 valence electrons. The minimum absolute atomic E-state index is 0.0709. The summed E-state index contributed by atoms with van der Waals surface area (Å²) in [7, 11) is 0. The number of nitrogens with zero attached hydrogens (tertiary/aromatic N) is 6. The van der Waals surface area contributed by atoms with Crippen LogP contribution < -0.4 is 5.32 Å². The van der Waals surface area contributed by atoms with Gasteiger partial charge in [0, 0.05) is 30.1 Å². The summed E-state index contributed by atoms with van der Waals surface area (Å²) in [5.41, 5.74) is 1.62. The molecule has 0 aliphatic heterocycles. The van der Waals surface area contributed by atoms with Crippen LogP contribution in [0.2, 0.25) is 0 Å². The lowest BCUT2D eigenvalue weighted by molar-refractivity contribution is -0.116. The van der Waals surface area contributed by atoms with Gasteiger partial charge in [-0.25, -0.2) is 9.97 Å². The molecule has 0 radical (unpaired) electrons. The van der Waals surface area contributed by atoms with Crippen LogP contribution in [0, 0.1) is 0 Å². The fourth-order valence-electron chi connectivity index (χ4n) is 2.70. The summed E-state index contributed by atoms with van der Waals surface area (Å²) >= 11 is 1.44. The molecule has 4 aromatic rings. The van der Waals surface area contributed by atoms with Gasteiger partial charge in [0.05, 0.1) is 6.54 Å². The summed E-state index contributed by atoms with van der Waals surface area (Å²) in [4.78, 5) is 22.4. The minimum Gasteiger partial charge on any atom is -0.326 e. The predicted molar refractivity (Wildman–Crippen MR) is 114 cm³/mol. The maximum Gasteiger partial charge on any atom is 0.224 e. The van der Waals surface area contributed by atoms with E-state index in [1.807, 2.05) is 54.6 Å². The smallest absolute Gasteiger partial charge is 0.224 e. The first-order valence-corrected chi connectivity index (χ1v) is 10.3. The Kier molecular flexibility index (Phi) is 6.41. The first-order valence-electron chi connectivity index (χ1n) is 9.44. The standard InChI is InChI=1S/C21H19N7OS/c29-18(9-6-14-28-26-21(25-27-28)16-7-2-1-3-8-16)24-17-11-13-23-20(15-17)30-19-10-4-5-12-22-19/h1-5,7-8,10-13,15H,6,9,14H2,(H,23,24,29). The number of hydrogen-bond acceptors (Lipinski definition) is 7. The molecule has 1 aromatic carbocycles. The molecule has 0 spiro atoms. The van der Waals surface area contributed by atoms with Crippen LogP contribution in [0.15, 0.2) is 83.1 Å². The molecule has 1 N–H and O–H groups in total. The molecule has 0 unspecified atom stereocenters. The summed E-state index contributed by atoms with van der Waals surface area (Å²) in [5.74, 6) is 0.508. The third kappa shape index (κ3) is 5.48. The largest absolute Gasteiger partial charge is 0.326 e. The van der Waals surface area contributed by atoms with Gasteiger partial charge in [-0.2, -0.15) is 4.80 Å². The van der Waals surface area contributed by atoms with Crippen molar-refractivity contribution in [1.29, 1.82) is 0 Å². The first-order chi connectivity index (χ1) is 14.8. The number of hydrogen-bond donors (Lipinski definition) is 1. The molecule has 4 rings (SSSR count). The molecular weight excluding hydrogens is 398 g/mol. The second kappa shape index (κ2) is 9.75. The van der Waals surface area contributed by atoms with Crippen LogP contribution in [0.3, 0.4) is 0 Å². The lowest BCUT2D eigenvalue weighted by atomic mass is 10.2. The van der Waals surface area contributed by atoms with Crippen molar-refractivity contribution in [3.63, 3.8) is 0 Å². The van der Waals surface area contributed by atoms with Crippen LogP contribution in [-0.2, 0) is 11.3 Å². The van der Waals surface area contributed by atoms with Gasteiger partial charge in [-0.15, -0.1) is 10.2 Å². The molecule has 8 nitrogen and oxygen atoms in total. The van der Waals surface area contributed by atoms with Gasteiger partial charge in [0.25, 0.3) is 0 Å². The summed E-state index contributed by atoms with van der Waals surface area (Å²) in [6.45, 7) is 0.518. The van der Waals surface area contributed by atoms with Crippen LogP contribution in [0.1, 0.15) is 12.8 Å². The van der Waals surface area contributed by atoms with Crippen LogP contribution >= 0.6 is 11.8 Å². The number of nitrogens with one attached hydrogen (secondary N) is 1. The average Bonchev–Trinajstić information content (AvgIpc) is 3.24. The second-order valence-electron chi connectivity index (χ2n) is 6.38. The van der Waals surface area contributed by atoms with Crippen LogP contribution in [0.4, 0.5) is 5.69 Å². The van der Waals surface area contributed by atoms with Crippen LogP contribution in [0.25, 0.3) is 11.4 Å². The van der Waals surface area contributed by atoms with E-state index in [1.54, 1.807) is 18.5 Å². The molecule has 0 fully saturated rings. The Balaban J connectivity index is 1.26. The van der Waals surface area contributed by atoms with Gasteiger partial charge in [-0.1, -0.05) is 48.2 Å². The summed E-state index contributed by atoms with van der Waals surface area (Å²) < 4.78 is 0. The number of pyridine rings is 2. The molecule has 3 heterocycles.